The highest BCUT2D eigenvalue weighted by molar-refractivity contribution is 5.95. The Morgan fingerprint density at radius 1 is 1.17 bits per heavy atom. The fourth-order valence-corrected chi connectivity index (χ4v) is 2.92. The number of hydrogen-bond donors (Lipinski definition) is 1. The minimum atomic E-state index is -0.409. The van der Waals surface area contributed by atoms with Crippen LogP contribution in [0.2, 0.25) is 0 Å². The van der Waals surface area contributed by atoms with E-state index in [0.717, 1.165) is 26.2 Å². The molecule has 2 aliphatic heterocycles. The van der Waals surface area contributed by atoms with Gasteiger partial charge in [0, 0.05) is 50.9 Å². The highest BCUT2D eigenvalue weighted by atomic mass is 16.6. The van der Waals surface area contributed by atoms with Crippen LogP contribution >= 0.6 is 0 Å². The summed E-state index contributed by atoms with van der Waals surface area (Å²) in [5.41, 5.74) is 0.929. The summed E-state index contributed by atoms with van der Waals surface area (Å²) < 4.78 is 5.23. The Balaban J connectivity index is 1.86. The van der Waals surface area contributed by atoms with Crippen LogP contribution in [0.15, 0.2) is 18.2 Å². The van der Waals surface area contributed by atoms with E-state index in [9.17, 15) is 14.9 Å². The number of nitro groups is 1. The molecule has 2 saturated heterocycles. The van der Waals surface area contributed by atoms with Crippen LogP contribution < -0.4 is 10.2 Å². The molecule has 1 aromatic rings. The fraction of sp³-hybridized carbons (Fsp3) is 0.533. The lowest BCUT2D eigenvalue weighted by atomic mass is 10.1. The molecule has 8 nitrogen and oxygen atoms in total. The molecule has 0 saturated carbocycles. The number of amides is 1. The maximum Gasteiger partial charge on any atom is 0.293 e. The third-order valence-electron chi connectivity index (χ3n) is 4.18. The summed E-state index contributed by atoms with van der Waals surface area (Å²) in [5, 5.41) is 14.7. The Bertz CT molecular complexity index is 595. The van der Waals surface area contributed by atoms with Crippen LogP contribution in [0.4, 0.5) is 11.4 Å². The van der Waals surface area contributed by atoms with Gasteiger partial charge in [0.15, 0.2) is 0 Å². The standard InChI is InChI=1S/C15H20N4O4/c20-15(18-7-9-23-10-8-18)12-1-2-13(14(11-12)19(21)22)17-5-3-16-4-6-17/h1-2,11,16H,3-10H2. The Labute approximate surface area is 134 Å². The van der Waals surface area contributed by atoms with Crippen molar-refractivity contribution in [3.8, 4) is 0 Å². The number of piperazine rings is 1. The number of nitrogens with one attached hydrogen (secondary N) is 1. The SMILES string of the molecule is O=C(c1ccc(N2CCNCC2)c([N+](=O)[O-])c1)N1CCOCC1. The number of morpholine rings is 1. The van der Waals surface area contributed by atoms with E-state index in [4.69, 9.17) is 4.74 Å². The number of anilines is 1. The smallest absolute Gasteiger partial charge is 0.293 e. The van der Waals surface area contributed by atoms with Crippen molar-refractivity contribution in [3.63, 3.8) is 0 Å². The number of benzene rings is 1. The minimum Gasteiger partial charge on any atom is -0.378 e. The third kappa shape index (κ3) is 3.43. The Morgan fingerprint density at radius 2 is 1.87 bits per heavy atom. The summed E-state index contributed by atoms with van der Waals surface area (Å²) >= 11 is 0. The van der Waals surface area contributed by atoms with Crippen LogP contribution in [0.25, 0.3) is 0 Å². The van der Waals surface area contributed by atoms with Crippen LogP contribution in [0, 0.1) is 10.1 Å². The van der Waals surface area contributed by atoms with Crippen molar-refractivity contribution < 1.29 is 14.5 Å². The first kappa shape index (κ1) is 15.7. The lowest BCUT2D eigenvalue weighted by Gasteiger charge is -2.29. The molecule has 2 aliphatic rings. The number of ether oxygens (including phenoxy) is 1. The number of carbonyl (C=O) groups is 1. The molecular formula is C15H20N4O4. The van der Waals surface area contributed by atoms with E-state index in [1.54, 1.807) is 17.0 Å². The van der Waals surface area contributed by atoms with Crippen LogP contribution in [0.1, 0.15) is 10.4 Å². The van der Waals surface area contributed by atoms with Gasteiger partial charge in [-0.1, -0.05) is 0 Å². The van der Waals surface area contributed by atoms with E-state index in [-0.39, 0.29) is 11.6 Å². The predicted molar refractivity (Wildman–Crippen MR) is 84.9 cm³/mol. The van der Waals surface area contributed by atoms with Crippen LogP contribution in [-0.4, -0.2) is 68.2 Å². The zero-order chi connectivity index (χ0) is 16.2. The second-order valence-corrected chi connectivity index (χ2v) is 5.60. The van der Waals surface area contributed by atoms with Crippen molar-refractivity contribution in [2.45, 2.75) is 0 Å². The molecular weight excluding hydrogens is 300 g/mol. The number of nitrogens with zero attached hydrogens (tertiary/aromatic N) is 3. The Morgan fingerprint density at radius 3 is 2.52 bits per heavy atom. The molecule has 0 unspecified atom stereocenters. The zero-order valence-electron chi connectivity index (χ0n) is 12.9. The molecule has 1 N–H and O–H groups in total. The highest BCUT2D eigenvalue weighted by Crippen LogP contribution is 2.30. The van der Waals surface area contributed by atoms with Crippen molar-refractivity contribution in [2.75, 3.05) is 57.4 Å². The van der Waals surface area contributed by atoms with Gasteiger partial charge in [-0.2, -0.15) is 0 Å². The maximum atomic E-state index is 12.5. The number of rotatable bonds is 3. The molecule has 23 heavy (non-hydrogen) atoms. The summed E-state index contributed by atoms with van der Waals surface area (Å²) in [5.74, 6) is -0.178. The summed E-state index contributed by atoms with van der Waals surface area (Å²) in [4.78, 5) is 27.2. The van der Waals surface area contributed by atoms with Gasteiger partial charge in [0.25, 0.3) is 11.6 Å². The van der Waals surface area contributed by atoms with Gasteiger partial charge in [0.2, 0.25) is 0 Å². The highest BCUT2D eigenvalue weighted by Gasteiger charge is 2.25. The molecule has 0 spiro atoms. The van der Waals surface area contributed by atoms with Crippen molar-refractivity contribution in [3.05, 3.63) is 33.9 Å². The van der Waals surface area contributed by atoms with Gasteiger partial charge in [-0.05, 0) is 12.1 Å². The van der Waals surface area contributed by atoms with Gasteiger partial charge in [-0.3, -0.25) is 14.9 Å². The lowest BCUT2D eigenvalue weighted by molar-refractivity contribution is -0.384. The summed E-state index contributed by atoms with van der Waals surface area (Å²) in [6.07, 6.45) is 0. The molecule has 0 bridgehead atoms. The van der Waals surface area contributed by atoms with Crippen LogP contribution in [-0.2, 0) is 4.74 Å². The van der Waals surface area contributed by atoms with Crippen LogP contribution in [0.5, 0.6) is 0 Å². The fourth-order valence-electron chi connectivity index (χ4n) is 2.92. The second kappa shape index (κ2) is 6.93. The Kier molecular flexibility index (Phi) is 4.73. The summed E-state index contributed by atoms with van der Waals surface area (Å²) in [6.45, 7) is 5.09. The zero-order valence-corrected chi connectivity index (χ0v) is 12.9. The van der Waals surface area contributed by atoms with E-state index in [1.165, 1.54) is 6.07 Å². The average Bonchev–Trinajstić information content (AvgIpc) is 2.62. The maximum absolute atomic E-state index is 12.5. The third-order valence-corrected chi connectivity index (χ3v) is 4.18. The quantitative estimate of drug-likeness (QED) is 0.644. The largest absolute Gasteiger partial charge is 0.378 e. The molecule has 1 aromatic carbocycles. The number of hydrogen-bond acceptors (Lipinski definition) is 6. The second-order valence-electron chi connectivity index (χ2n) is 5.60. The van der Waals surface area contributed by atoms with Crippen molar-refractivity contribution >= 4 is 17.3 Å². The van der Waals surface area contributed by atoms with E-state index in [0.29, 0.717) is 37.6 Å². The molecule has 0 atom stereocenters. The molecule has 2 fully saturated rings. The van der Waals surface area contributed by atoms with Crippen molar-refractivity contribution in [1.82, 2.24) is 10.2 Å². The van der Waals surface area contributed by atoms with E-state index < -0.39 is 4.92 Å². The molecule has 124 valence electrons. The van der Waals surface area contributed by atoms with Gasteiger partial charge in [0.1, 0.15) is 5.69 Å². The molecule has 0 aromatic heterocycles. The first-order valence-corrected chi connectivity index (χ1v) is 7.78. The van der Waals surface area contributed by atoms with Crippen LogP contribution in [0.3, 0.4) is 0 Å². The molecule has 3 rings (SSSR count). The average molecular weight is 320 g/mol. The van der Waals surface area contributed by atoms with Crippen molar-refractivity contribution in [2.24, 2.45) is 0 Å². The molecule has 1 amide bonds. The van der Waals surface area contributed by atoms with E-state index in [1.807, 2.05) is 4.90 Å². The predicted octanol–water partition coefficient (Wildman–Crippen LogP) is 0.477. The van der Waals surface area contributed by atoms with Crippen molar-refractivity contribution in [1.29, 1.82) is 0 Å². The summed E-state index contributed by atoms with van der Waals surface area (Å²) in [6, 6.07) is 4.77. The van der Waals surface area contributed by atoms with E-state index >= 15 is 0 Å². The number of nitro benzene ring substituents is 1. The molecule has 8 heteroatoms. The lowest BCUT2D eigenvalue weighted by Crippen LogP contribution is -2.43. The molecule has 2 heterocycles. The topological polar surface area (TPSA) is 88.0 Å². The van der Waals surface area contributed by atoms with Gasteiger partial charge < -0.3 is 19.9 Å². The summed E-state index contributed by atoms with van der Waals surface area (Å²) in [7, 11) is 0. The first-order chi connectivity index (χ1) is 11.2. The first-order valence-electron chi connectivity index (χ1n) is 7.78. The van der Waals surface area contributed by atoms with Gasteiger partial charge in [-0.15, -0.1) is 0 Å². The van der Waals surface area contributed by atoms with Gasteiger partial charge >= 0.3 is 0 Å². The van der Waals surface area contributed by atoms with Gasteiger partial charge in [-0.25, -0.2) is 0 Å². The minimum absolute atomic E-state index is 0.00832. The monoisotopic (exact) mass is 320 g/mol. The molecule has 0 radical (unpaired) electrons. The van der Waals surface area contributed by atoms with E-state index in [2.05, 4.69) is 5.32 Å². The molecule has 0 aliphatic carbocycles. The number of carbonyl (C=O) groups excluding carboxylic acids is 1. The van der Waals surface area contributed by atoms with Gasteiger partial charge in [0.05, 0.1) is 18.1 Å². The Hall–Kier alpha value is -2.19. The normalized spacial score (nSPS) is 18.8.